The van der Waals surface area contributed by atoms with Gasteiger partial charge in [-0.05, 0) is 31.9 Å². The molecule has 8 heteroatoms. The minimum Gasteiger partial charge on any atom is -0.450 e. The average Bonchev–Trinajstić information content (AvgIpc) is 2.87. The zero-order valence-electron chi connectivity index (χ0n) is 13.8. The fourth-order valence-corrected chi connectivity index (χ4v) is 2.96. The Labute approximate surface area is 144 Å². The number of carbonyl (C=O) groups excluding carboxylic acids is 4. The second-order valence-electron chi connectivity index (χ2n) is 5.84. The number of carbonyl (C=O) groups is 4. The molecule has 25 heavy (non-hydrogen) atoms. The summed E-state index contributed by atoms with van der Waals surface area (Å²) in [6, 6.07) is 6.28. The van der Waals surface area contributed by atoms with Crippen LogP contribution in [0.1, 0.15) is 40.5 Å². The number of imide groups is 1. The summed E-state index contributed by atoms with van der Waals surface area (Å²) in [5.41, 5.74) is 0.411. The molecule has 1 atom stereocenters. The normalized spacial score (nSPS) is 19.6. The number of benzene rings is 1. The Morgan fingerprint density at radius 2 is 1.80 bits per heavy atom. The molecule has 3 rings (SSSR count). The van der Waals surface area contributed by atoms with Gasteiger partial charge in [0.1, 0.15) is 0 Å². The molecule has 132 valence electrons. The number of hydrogen-bond acceptors (Lipinski definition) is 6. The van der Waals surface area contributed by atoms with Crippen molar-refractivity contribution in [3.8, 4) is 0 Å². The highest BCUT2D eigenvalue weighted by atomic mass is 16.7. The highest BCUT2D eigenvalue weighted by Crippen LogP contribution is 2.25. The van der Waals surface area contributed by atoms with Gasteiger partial charge in [-0.2, -0.15) is 0 Å². The molecule has 0 aliphatic carbocycles. The zero-order chi connectivity index (χ0) is 18.0. The third-order valence-corrected chi connectivity index (χ3v) is 4.22. The molecule has 1 aromatic rings. The zero-order valence-corrected chi connectivity index (χ0v) is 13.8. The van der Waals surface area contributed by atoms with Crippen molar-refractivity contribution in [3.05, 3.63) is 35.4 Å². The van der Waals surface area contributed by atoms with Gasteiger partial charge in [-0.25, -0.2) is 9.59 Å². The third-order valence-electron chi connectivity index (χ3n) is 4.22. The Balaban J connectivity index is 1.66. The molecular formula is C17H18N2O6. The van der Waals surface area contributed by atoms with Gasteiger partial charge in [0.25, 0.3) is 11.8 Å². The number of hydrogen-bond donors (Lipinski definition) is 0. The molecule has 0 N–H and O–H groups in total. The Morgan fingerprint density at radius 3 is 2.40 bits per heavy atom. The van der Waals surface area contributed by atoms with Crippen LogP contribution >= 0.6 is 0 Å². The number of fused-ring (bicyclic) bond motifs is 1. The summed E-state index contributed by atoms with van der Waals surface area (Å²) in [5.74, 6) is -2.63. The lowest BCUT2D eigenvalue weighted by molar-refractivity contribution is -0.175. The van der Waals surface area contributed by atoms with Crippen molar-refractivity contribution >= 4 is 23.9 Å². The number of amides is 3. The van der Waals surface area contributed by atoms with Gasteiger partial charge in [0, 0.05) is 13.1 Å². The van der Waals surface area contributed by atoms with E-state index in [0.717, 1.165) is 0 Å². The van der Waals surface area contributed by atoms with E-state index >= 15 is 0 Å². The predicted molar refractivity (Wildman–Crippen MR) is 84.4 cm³/mol. The molecule has 3 amide bonds. The van der Waals surface area contributed by atoms with Crippen molar-refractivity contribution in [2.24, 2.45) is 5.92 Å². The second kappa shape index (κ2) is 6.92. The molecule has 0 saturated carbocycles. The van der Waals surface area contributed by atoms with Crippen LogP contribution in [0.5, 0.6) is 0 Å². The molecule has 0 spiro atoms. The van der Waals surface area contributed by atoms with E-state index in [2.05, 4.69) is 0 Å². The maximum Gasteiger partial charge on any atom is 0.409 e. The highest BCUT2D eigenvalue weighted by molar-refractivity contribution is 6.20. The van der Waals surface area contributed by atoms with Gasteiger partial charge in [-0.3, -0.25) is 9.59 Å². The molecule has 0 bridgehead atoms. The van der Waals surface area contributed by atoms with Crippen LogP contribution in [-0.2, 0) is 14.4 Å². The van der Waals surface area contributed by atoms with E-state index in [1.165, 1.54) is 17.0 Å². The summed E-state index contributed by atoms with van der Waals surface area (Å²) >= 11 is 0. The van der Waals surface area contributed by atoms with E-state index in [0.29, 0.717) is 24.4 Å². The van der Waals surface area contributed by atoms with Gasteiger partial charge in [0.15, 0.2) is 0 Å². The maximum absolute atomic E-state index is 12.4. The van der Waals surface area contributed by atoms with Crippen molar-refractivity contribution in [1.29, 1.82) is 0 Å². The Morgan fingerprint density at radius 1 is 1.16 bits per heavy atom. The molecule has 1 aromatic carbocycles. The molecular weight excluding hydrogens is 328 g/mol. The first kappa shape index (κ1) is 16.9. The lowest BCUT2D eigenvalue weighted by Gasteiger charge is -2.30. The van der Waals surface area contributed by atoms with Gasteiger partial charge >= 0.3 is 12.1 Å². The standard InChI is InChI=1S/C17H18N2O6/c1-2-24-17(23)18-9-5-6-11(10-18)16(22)25-19-14(20)12-7-3-4-8-13(12)15(19)21/h3-4,7-8,11H,2,5-6,9-10H2,1H3. The molecule has 1 fully saturated rings. The molecule has 0 aromatic heterocycles. The number of piperidine rings is 1. The smallest absolute Gasteiger partial charge is 0.409 e. The first-order chi connectivity index (χ1) is 12.0. The summed E-state index contributed by atoms with van der Waals surface area (Å²) < 4.78 is 4.94. The largest absolute Gasteiger partial charge is 0.450 e. The Hall–Kier alpha value is -2.90. The Bertz CT molecular complexity index is 697. The van der Waals surface area contributed by atoms with Gasteiger partial charge in [0.2, 0.25) is 0 Å². The van der Waals surface area contributed by atoms with Crippen LogP contribution in [0.3, 0.4) is 0 Å². The highest BCUT2D eigenvalue weighted by Gasteiger charge is 2.40. The van der Waals surface area contributed by atoms with Gasteiger partial charge in [-0.1, -0.05) is 17.2 Å². The SMILES string of the molecule is CCOC(=O)N1CCCC(C(=O)ON2C(=O)c3ccccc3C2=O)C1. The van der Waals surface area contributed by atoms with Crippen LogP contribution in [0.4, 0.5) is 4.79 Å². The van der Waals surface area contributed by atoms with Crippen molar-refractivity contribution in [2.75, 3.05) is 19.7 Å². The fourth-order valence-electron chi connectivity index (χ4n) is 2.96. The van der Waals surface area contributed by atoms with Crippen LogP contribution in [0.25, 0.3) is 0 Å². The first-order valence-electron chi connectivity index (χ1n) is 8.14. The minimum absolute atomic E-state index is 0.140. The van der Waals surface area contributed by atoms with Crippen LogP contribution in [0.15, 0.2) is 24.3 Å². The van der Waals surface area contributed by atoms with Gasteiger partial charge in [-0.15, -0.1) is 0 Å². The van der Waals surface area contributed by atoms with E-state index in [1.54, 1.807) is 19.1 Å². The predicted octanol–water partition coefficient (Wildman–Crippen LogP) is 1.61. The van der Waals surface area contributed by atoms with Crippen LogP contribution in [0, 0.1) is 5.92 Å². The van der Waals surface area contributed by atoms with Gasteiger partial charge in [0.05, 0.1) is 23.7 Å². The monoisotopic (exact) mass is 346 g/mol. The molecule has 2 aliphatic rings. The topological polar surface area (TPSA) is 93.2 Å². The van der Waals surface area contributed by atoms with Crippen molar-refractivity contribution < 1.29 is 28.8 Å². The van der Waals surface area contributed by atoms with E-state index in [9.17, 15) is 19.2 Å². The number of ether oxygens (including phenoxy) is 1. The van der Waals surface area contributed by atoms with Crippen molar-refractivity contribution in [3.63, 3.8) is 0 Å². The Kier molecular flexibility index (Phi) is 4.69. The summed E-state index contributed by atoms with van der Waals surface area (Å²) in [6.07, 6.45) is 0.638. The molecule has 2 aliphatic heterocycles. The molecule has 0 radical (unpaired) electrons. The lowest BCUT2D eigenvalue weighted by Crippen LogP contribution is -2.45. The number of nitrogens with zero attached hydrogens (tertiary/aromatic N) is 2. The van der Waals surface area contributed by atoms with Crippen LogP contribution in [0.2, 0.25) is 0 Å². The summed E-state index contributed by atoms with van der Waals surface area (Å²) in [5, 5.41) is 0.496. The summed E-state index contributed by atoms with van der Waals surface area (Å²) in [7, 11) is 0. The lowest BCUT2D eigenvalue weighted by atomic mass is 9.99. The van der Waals surface area contributed by atoms with Crippen LogP contribution < -0.4 is 0 Å². The molecule has 8 nitrogen and oxygen atoms in total. The number of likely N-dealkylation sites (tertiary alicyclic amines) is 1. The van der Waals surface area contributed by atoms with E-state index < -0.39 is 29.8 Å². The molecule has 2 heterocycles. The van der Waals surface area contributed by atoms with E-state index in [-0.39, 0.29) is 24.3 Å². The fraction of sp³-hybridized carbons (Fsp3) is 0.412. The van der Waals surface area contributed by atoms with Crippen molar-refractivity contribution in [1.82, 2.24) is 9.96 Å². The quantitative estimate of drug-likeness (QED) is 0.772. The maximum atomic E-state index is 12.4. The summed E-state index contributed by atoms with van der Waals surface area (Å²) in [4.78, 5) is 55.1. The van der Waals surface area contributed by atoms with Gasteiger partial charge < -0.3 is 14.5 Å². The first-order valence-corrected chi connectivity index (χ1v) is 8.14. The second-order valence-corrected chi connectivity index (χ2v) is 5.84. The average molecular weight is 346 g/mol. The van der Waals surface area contributed by atoms with E-state index in [4.69, 9.17) is 9.57 Å². The van der Waals surface area contributed by atoms with Crippen molar-refractivity contribution in [2.45, 2.75) is 19.8 Å². The third kappa shape index (κ3) is 3.19. The minimum atomic E-state index is -0.705. The number of rotatable bonds is 3. The molecule has 1 unspecified atom stereocenters. The van der Waals surface area contributed by atoms with Crippen LogP contribution in [-0.4, -0.2) is 53.5 Å². The van der Waals surface area contributed by atoms with E-state index in [1.807, 2.05) is 0 Å². The summed E-state index contributed by atoms with van der Waals surface area (Å²) in [6.45, 7) is 2.59. The number of hydroxylamine groups is 2. The molecule has 1 saturated heterocycles.